The summed E-state index contributed by atoms with van der Waals surface area (Å²) in [5.74, 6) is 0.389. The van der Waals surface area contributed by atoms with Gasteiger partial charge in [-0.25, -0.2) is 0 Å². The molecule has 18 heavy (non-hydrogen) atoms. The molecule has 1 aromatic heterocycles. The number of rotatable bonds is 4. The van der Waals surface area contributed by atoms with Gasteiger partial charge in [0.25, 0.3) is 5.88 Å². The molecule has 0 aliphatic carbocycles. The molecule has 0 bridgehead atoms. The van der Waals surface area contributed by atoms with Crippen molar-refractivity contribution in [2.24, 2.45) is 0 Å². The van der Waals surface area contributed by atoms with E-state index in [1.165, 1.54) is 0 Å². The van der Waals surface area contributed by atoms with Gasteiger partial charge < -0.3 is 10.1 Å². The van der Waals surface area contributed by atoms with Crippen molar-refractivity contribution >= 4 is 0 Å². The molecule has 0 radical (unpaired) electrons. The van der Waals surface area contributed by atoms with Gasteiger partial charge >= 0.3 is 0 Å². The van der Waals surface area contributed by atoms with Gasteiger partial charge in [0, 0.05) is 6.54 Å². The number of aryl methyl sites for hydroxylation is 1. The first-order chi connectivity index (χ1) is 8.80. The Bertz CT molecular complexity index is 461. The van der Waals surface area contributed by atoms with Crippen LogP contribution in [-0.2, 0) is 12.8 Å². The van der Waals surface area contributed by atoms with Gasteiger partial charge in [-0.1, -0.05) is 13.8 Å². The summed E-state index contributed by atoms with van der Waals surface area (Å²) in [5, 5.41) is 20.8. The van der Waals surface area contributed by atoms with Gasteiger partial charge in [-0.05, 0) is 31.4 Å². The standard InChI is InChI=1S/C13H18N4O/c1-3-10-11(7-14)13(17-16-12(10)4-2)18-9-5-6-15-8-9/h9,15H,3-6,8H2,1-2H3. The maximum Gasteiger partial charge on any atom is 0.252 e. The first-order valence-corrected chi connectivity index (χ1v) is 6.46. The van der Waals surface area contributed by atoms with E-state index in [9.17, 15) is 5.26 Å². The normalized spacial score (nSPS) is 18.6. The molecular formula is C13H18N4O. The second-order valence-corrected chi connectivity index (χ2v) is 4.36. The van der Waals surface area contributed by atoms with Crippen molar-refractivity contribution in [2.75, 3.05) is 13.1 Å². The van der Waals surface area contributed by atoms with Crippen molar-refractivity contribution < 1.29 is 4.74 Å². The zero-order valence-corrected chi connectivity index (χ0v) is 10.9. The van der Waals surface area contributed by atoms with Crippen LogP contribution in [0.5, 0.6) is 5.88 Å². The molecule has 2 heterocycles. The Labute approximate surface area is 107 Å². The maximum atomic E-state index is 9.31. The molecule has 5 nitrogen and oxygen atoms in total. The average Bonchev–Trinajstić information content (AvgIpc) is 2.90. The molecule has 1 saturated heterocycles. The van der Waals surface area contributed by atoms with Gasteiger partial charge in [0.1, 0.15) is 17.7 Å². The number of aromatic nitrogens is 2. The monoisotopic (exact) mass is 246 g/mol. The summed E-state index contributed by atoms with van der Waals surface area (Å²) in [7, 11) is 0. The summed E-state index contributed by atoms with van der Waals surface area (Å²) in [6.07, 6.45) is 2.61. The highest BCUT2D eigenvalue weighted by Crippen LogP contribution is 2.23. The summed E-state index contributed by atoms with van der Waals surface area (Å²) in [5.41, 5.74) is 2.41. The van der Waals surface area contributed by atoms with Crippen LogP contribution in [0.25, 0.3) is 0 Å². The van der Waals surface area contributed by atoms with E-state index in [0.29, 0.717) is 11.4 Å². The van der Waals surface area contributed by atoms with Crippen molar-refractivity contribution in [3.05, 3.63) is 16.8 Å². The van der Waals surface area contributed by atoms with E-state index in [-0.39, 0.29) is 6.10 Å². The molecular weight excluding hydrogens is 228 g/mol. The third kappa shape index (κ3) is 2.44. The molecule has 0 aromatic carbocycles. The number of ether oxygens (including phenoxy) is 1. The zero-order valence-electron chi connectivity index (χ0n) is 10.9. The number of nitriles is 1. The summed E-state index contributed by atoms with van der Waals surface area (Å²) in [6, 6.07) is 2.22. The molecule has 0 spiro atoms. The third-order valence-corrected chi connectivity index (χ3v) is 3.22. The van der Waals surface area contributed by atoms with E-state index < -0.39 is 0 Å². The van der Waals surface area contributed by atoms with E-state index in [0.717, 1.165) is 43.6 Å². The Morgan fingerprint density at radius 3 is 2.78 bits per heavy atom. The van der Waals surface area contributed by atoms with Gasteiger partial charge in [-0.3, -0.25) is 0 Å². The van der Waals surface area contributed by atoms with Crippen LogP contribution in [0.3, 0.4) is 0 Å². The summed E-state index contributed by atoms with van der Waals surface area (Å²) >= 11 is 0. The molecule has 0 amide bonds. The summed E-state index contributed by atoms with van der Waals surface area (Å²) in [4.78, 5) is 0. The Kier molecular flexibility index (Phi) is 4.11. The Hall–Kier alpha value is -1.67. The second kappa shape index (κ2) is 5.78. The summed E-state index contributed by atoms with van der Waals surface area (Å²) in [6.45, 7) is 5.81. The first kappa shape index (κ1) is 12.8. The van der Waals surface area contributed by atoms with Crippen LogP contribution < -0.4 is 10.1 Å². The quantitative estimate of drug-likeness (QED) is 0.864. The van der Waals surface area contributed by atoms with E-state index in [1.54, 1.807) is 0 Å². The Morgan fingerprint density at radius 2 is 2.22 bits per heavy atom. The lowest BCUT2D eigenvalue weighted by atomic mass is 10.0. The predicted octanol–water partition coefficient (Wildman–Crippen LogP) is 1.21. The maximum absolute atomic E-state index is 9.31. The average molecular weight is 246 g/mol. The van der Waals surface area contributed by atoms with Crippen molar-refractivity contribution in [2.45, 2.75) is 39.2 Å². The minimum Gasteiger partial charge on any atom is -0.471 e. The molecule has 0 saturated carbocycles. The number of nitrogens with one attached hydrogen (secondary N) is 1. The Morgan fingerprint density at radius 1 is 1.39 bits per heavy atom. The molecule has 1 aliphatic heterocycles. The molecule has 1 N–H and O–H groups in total. The fraction of sp³-hybridized carbons (Fsp3) is 0.615. The van der Waals surface area contributed by atoms with Gasteiger partial charge in [0.05, 0.1) is 5.69 Å². The minimum absolute atomic E-state index is 0.101. The van der Waals surface area contributed by atoms with Gasteiger partial charge in [0.2, 0.25) is 0 Å². The fourth-order valence-corrected chi connectivity index (χ4v) is 2.24. The van der Waals surface area contributed by atoms with Crippen molar-refractivity contribution in [1.82, 2.24) is 15.5 Å². The number of nitrogens with zero attached hydrogens (tertiary/aromatic N) is 3. The van der Waals surface area contributed by atoms with E-state index in [2.05, 4.69) is 21.6 Å². The number of hydrogen-bond donors (Lipinski definition) is 1. The fourth-order valence-electron chi connectivity index (χ4n) is 2.24. The van der Waals surface area contributed by atoms with Crippen LogP contribution in [-0.4, -0.2) is 29.4 Å². The van der Waals surface area contributed by atoms with Gasteiger partial charge in [-0.2, -0.15) is 10.4 Å². The van der Waals surface area contributed by atoms with E-state index in [4.69, 9.17) is 4.74 Å². The molecule has 96 valence electrons. The smallest absolute Gasteiger partial charge is 0.252 e. The van der Waals surface area contributed by atoms with Crippen LogP contribution in [0, 0.1) is 11.3 Å². The molecule has 1 aliphatic rings. The van der Waals surface area contributed by atoms with E-state index in [1.807, 2.05) is 13.8 Å². The van der Waals surface area contributed by atoms with Gasteiger partial charge in [0.15, 0.2) is 0 Å². The molecule has 1 unspecified atom stereocenters. The highest BCUT2D eigenvalue weighted by atomic mass is 16.5. The number of hydrogen-bond acceptors (Lipinski definition) is 5. The second-order valence-electron chi connectivity index (χ2n) is 4.36. The van der Waals surface area contributed by atoms with Gasteiger partial charge in [-0.15, -0.1) is 5.10 Å². The minimum atomic E-state index is 0.101. The van der Waals surface area contributed by atoms with Crippen molar-refractivity contribution in [3.63, 3.8) is 0 Å². The zero-order chi connectivity index (χ0) is 13.0. The molecule has 1 atom stereocenters. The molecule has 1 aromatic rings. The molecule has 5 heteroatoms. The van der Waals surface area contributed by atoms with Crippen LogP contribution in [0.4, 0.5) is 0 Å². The lowest BCUT2D eigenvalue weighted by Gasteiger charge is -2.14. The highest BCUT2D eigenvalue weighted by molar-refractivity contribution is 5.46. The third-order valence-electron chi connectivity index (χ3n) is 3.22. The van der Waals surface area contributed by atoms with Crippen LogP contribution in [0.15, 0.2) is 0 Å². The topological polar surface area (TPSA) is 70.8 Å². The predicted molar refractivity (Wildman–Crippen MR) is 67.4 cm³/mol. The van der Waals surface area contributed by atoms with Crippen LogP contribution >= 0.6 is 0 Å². The lowest BCUT2D eigenvalue weighted by Crippen LogP contribution is -2.21. The van der Waals surface area contributed by atoms with Crippen molar-refractivity contribution in [1.29, 1.82) is 5.26 Å². The lowest BCUT2D eigenvalue weighted by molar-refractivity contribution is 0.210. The van der Waals surface area contributed by atoms with Crippen LogP contribution in [0.1, 0.15) is 37.1 Å². The highest BCUT2D eigenvalue weighted by Gasteiger charge is 2.21. The Balaban J connectivity index is 2.32. The summed E-state index contributed by atoms with van der Waals surface area (Å²) < 4.78 is 5.78. The van der Waals surface area contributed by atoms with E-state index >= 15 is 0 Å². The van der Waals surface area contributed by atoms with Crippen molar-refractivity contribution in [3.8, 4) is 11.9 Å². The van der Waals surface area contributed by atoms with Crippen LogP contribution in [0.2, 0.25) is 0 Å². The first-order valence-electron chi connectivity index (χ1n) is 6.46. The largest absolute Gasteiger partial charge is 0.471 e. The molecule has 1 fully saturated rings. The SMILES string of the molecule is CCc1nnc(OC2CCNC2)c(C#N)c1CC. The molecule has 2 rings (SSSR count).